The lowest BCUT2D eigenvalue weighted by Gasteiger charge is -2.25. The molecular formula is C16H25BrN3O2S+. The zero-order chi connectivity index (χ0) is 16.7. The number of methoxy groups -OCH3 is 1. The molecule has 0 saturated carbocycles. The maximum absolute atomic E-state index is 5.48. The summed E-state index contributed by atoms with van der Waals surface area (Å²) in [5, 5.41) is 4.11. The fourth-order valence-electron chi connectivity index (χ4n) is 2.59. The van der Waals surface area contributed by atoms with Gasteiger partial charge in [0.05, 0.1) is 33.4 Å². The van der Waals surface area contributed by atoms with Gasteiger partial charge in [-0.3, -0.25) is 0 Å². The molecule has 128 valence electrons. The second-order valence-corrected chi connectivity index (χ2v) is 6.96. The molecule has 0 radical (unpaired) electrons. The van der Waals surface area contributed by atoms with Crippen LogP contribution in [-0.2, 0) is 11.3 Å². The summed E-state index contributed by atoms with van der Waals surface area (Å²) in [5.41, 5.74) is 1.10. The van der Waals surface area contributed by atoms with E-state index in [0.29, 0.717) is 6.54 Å². The van der Waals surface area contributed by atoms with E-state index in [2.05, 4.69) is 27.3 Å². The third-order valence-corrected chi connectivity index (χ3v) is 4.90. The van der Waals surface area contributed by atoms with Gasteiger partial charge in [-0.25, -0.2) is 0 Å². The van der Waals surface area contributed by atoms with E-state index < -0.39 is 0 Å². The molecule has 0 aromatic heterocycles. The SMILES string of the molecule is COc1ccc(Br)cc1CN(C)C(=S)NCC[NH+]1CCOCC1. The van der Waals surface area contributed by atoms with Crippen LogP contribution in [0, 0.1) is 0 Å². The molecule has 0 aliphatic carbocycles. The average molecular weight is 403 g/mol. The summed E-state index contributed by atoms with van der Waals surface area (Å²) in [6.07, 6.45) is 0. The predicted octanol–water partition coefficient (Wildman–Crippen LogP) is 0.679. The van der Waals surface area contributed by atoms with Gasteiger partial charge in [0.2, 0.25) is 0 Å². The molecule has 23 heavy (non-hydrogen) atoms. The number of rotatable bonds is 6. The Morgan fingerprint density at radius 2 is 2.17 bits per heavy atom. The highest BCUT2D eigenvalue weighted by molar-refractivity contribution is 9.10. The van der Waals surface area contributed by atoms with Crippen LogP contribution in [0.15, 0.2) is 22.7 Å². The van der Waals surface area contributed by atoms with Gasteiger partial charge in [-0.2, -0.15) is 0 Å². The largest absolute Gasteiger partial charge is 0.496 e. The van der Waals surface area contributed by atoms with Gasteiger partial charge in [-0.05, 0) is 30.4 Å². The number of halogens is 1. The minimum atomic E-state index is 0.707. The van der Waals surface area contributed by atoms with E-state index in [4.69, 9.17) is 21.7 Å². The zero-order valence-electron chi connectivity index (χ0n) is 13.7. The summed E-state index contributed by atoms with van der Waals surface area (Å²) in [6.45, 7) is 6.55. The lowest BCUT2D eigenvalue weighted by atomic mass is 10.2. The first kappa shape index (κ1) is 18.4. The average Bonchev–Trinajstić information content (AvgIpc) is 2.56. The van der Waals surface area contributed by atoms with Crippen molar-refractivity contribution in [1.29, 1.82) is 0 Å². The Kier molecular flexibility index (Phi) is 7.55. The maximum atomic E-state index is 5.48. The number of hydrogen-bond donors (Lipinski definition) is 2. The first-order valence-corrected chi connectivity index (χ1v) is 9.03. The van der Waals surface area contributed by atoms with E-state index in [1.807, 2.05) is 24.1 Å². The third kappa shape index (κ3) is 5.91. The van der Waals surface area contributed by atoms with Crippen LogP contribution < -0.4 is 15.0 Å². The van der Waals surface area contributed by atoms with Crippen molar-refractivity contribution in [3.05, 3.63) is 28.2 Å². The first-order valence-electron chi connectivity index (χ1n) is 7.83. The Bertz CT molecular complexity index is 524. The molecule has 1 heterocycles. The molecule has 0 bridgehead atoms. The summed E-state index contributed by atoms with van der Waals surface area (Å²) < 4.78 is 11.8. The van der Waals surface area contributed by atoms with Crippen LogP contribution in [0.25, 0.3) is 0 Å². The number of nitrogens with one attached hydrogen (secondary N) is 2. The normalized spacial score (nSPS) is 15.3. The van der Waals surface area contributed by atoms with Crippen molar-refractivity contribution in [2.75, 3.05) is 53.6 Å². The van der Waals surface area contributed by atoms with E-state index in [1.54, 1.807) is 12.0 Å². The molecule has 7 heteroatoms. The predicted molar refractivity (Wildman–Crippen MR) is 99.1 cm³/mol. The van der Waals surface area contributed by atoms with Gasteiger partial charge in [-0.1, -0.05) is 15.9 Å². The molecule has 1 fully saturated rings. The standard InChI is InChI=1S/C16H24BrN3O2S/c1-19(12-13-11-14(17)3-4-15(13)21-2)16(23)18-5-6-20-7-9-22-10-8-20/h3-4,11H,5-10,12H2,1-2H3,(H,18,23)/p+1. The summed E-state index contributed by atoms with van der Waals surface area (Å²) in [4.78, 5) is 3.61. The monoisotopic (exact) mass is 402 g/mol. The molecule has 1 aliphatic rings. The zero-order valence-corrected chi connectivity index (χ0v) is 16.1. The van der Waals surface area contributed by atoms with Gasteiger partial charge in [-0.15, -0.1) is 0 Å². The molecular weight excluding hydrogens is 378 g/mol. The van der Waals surface area contributed by atoms with E-state index in [1.165, 1.54) is 0 Å². The Balaban J connectivity index is 1.79. The number of ether oxygens (including phenoxy) is 2. The highest BCUT2D eigenvalue weighted by Gasteiger charge is 2.14. The number of nitrogens with zero attached hydrogens (tertiary/aromatic N) is 1. The third-order valence-electron chi connectivity index (χ3n) is 3.95. The molecule has 5 nitrogen and oxygen atoms in total. The van der Waals surface area contributed by atoms with Gasteiger partial charge in [0, 0.05) is 23.6 Å². The highest BCUT2D eigenvalue weighted by atomic mass is 79.9. The Morgan fingerprint density at radius 3 is 2.87 bits per heavy atom. The van der Waals surface area contributed by atoms with Crippen LogP contribution in [0.3, 0.4) is 0 Å². The maximum Gasteiger partial charge on any atom is 0.169 e. The summed E-state index contributed by atoms with van der Waals surface area (Å²) in [6, 6.07) is 6.01. The van der Waals surface area contributed by atoms with E-state index in [9.17, 15) is 0 Å². The van der Waals surface area contributed by atoms with Crippen molar-refractivity contribution in [1.82, 2.24) is 10.2 Å². The number of morpholine rings is 1. The van der Waals surface area contributed by atoms with Crippen LogP contribution in [0.2, 0.25) is 0 Å². The van der Waals surface area contributed by atoms with E-state index >= 15 is 0 Å². The molecule has 1 aromatic carbocycles. The Hall–Kier alpha value is -0.890. The van der Waals surface area contributed by atoms with Crippen molar-refractivity contribution in [2.24, 2.45) is 0 Å². The number of quaternary nitrogens is 1. The molecule has 0 spiro atoms. The van der Waals surface area contributed by atoms with Crippen molar-refractivity contribution in [3.8, 4) is 5.75 Å². The highest BCUT2D eigenvalue weighted by Crippen LogP contribution is 2.24. The smallest absolute Gasteiger partial charge is 0.169 e. The van der Waals surface area contributed by atoms with Gasteiger partial charge >= 0.3 is 0 Å². The van der Waals surface area contributed by atoms with E-state index in [-0.39, 0.29) is 0 Å². The molecule has 1 aromatic rings. The van der Waals surface area contributed by atoms with Crippen LogP contribution in [-0.4, -0.2) is 63.6 Å². The van der Waals surface area contributed by atoms with Crippen molar-refractivity contribution in [3.63, 3.8) is 0 Å². The van der Waals surface area contributed by atoms with Gasteiger partial charge in [0.25, 0.3) is 0 Å². The second-order valence-electron chi connectivity index (χ2n) is 5.66. The molecule has 0 amide bonds. The summed E-state index contributed by atoms with van der Waals surface area (Å²) >= 11 is 8.99. The fraction of sp³-hybridized carbons (Fsp3) is 0.562. The van der Waals surface area contributed by atoms with Gasteiger partial charge in [0.1, 0.15) is 18.8 Å². The quantitative estimate of drug-likeness (QED) is 0.684. The molecule has 2 rings (SSSR count). The number of thiocarbonyl (C=S) groups is 1. The molecule has 1 saturated heterocycles. The summed E-state index contributed by atoms with van der Waals surface area (Å²) in [5.74, 6) is 0.876. The van der Waals surface area contributed by atoms with Crippen molar-refractivity contribution in [2.45, 2.75) is 6.54 Å². The van der Waals surface area contributed by atoms with Gasteiger partial charge in [0.15, 0.2) is 5.11 Å². The van der Waals surface area contributed by atoms with Crippen LogP contribution in [0.1, 0.15) is 5.56 Å². The second kappa shape index (κ2) is 9.42. The molecule has 2 N–H and O–H groups in total. The lowest BCUT2D eigenvalue weighted by molar-refractivity contribution is -0.906. The Morgan fingerprint density at radius 1 is 1.43 bits per heavy atom. The first-order chi connectivity index (χ1) is 11.1. The van der Waals surface area contributed by atoms with Crippen molar-refractivity contribution >= 4 is 33.3 Å². The topological polar surface area (TPSA) is 38.2 Å². The number of hydrogen-bond acceptors (Lipinski definition) is 3. The fourth-order valence-corrected chi connectivity index (χ4v) is 3.16. The molecule has 1 aliphatic heterocycles. The number of benzene rings is 1. The van der Waals surface area contributed by atoms with E-state index in [0.717, 1.165) is 60.3 Å². The summed E-state index contributed by atoms with van der Waals surface area (Å²) in [7, 11) is 3.69. The Labute approximate surface area is 152 Å². The van der Waals surface area contributed by atoms with Crippen molar-refractivity contribution < 1.29 is 14.4 Å². The minimum absolute atomic E-state index is 0.707. The lowest BCUT2D eigenvalue weighted by Crippen LogP contribution is -3.14. The minimum Gasteiger partial charge on any atom is -0.496 e. The molecule has 0 atom stereocenters. The molecule has 0 unspecified atom stereocenters. The van der Waals surface area contributed by atoms with Crippen LogP contribution >= 0.6 is 28.1 Å². The van der Waals surface area contributed by atoms with Crippen LogP contribution in [0.5, 0.6) is 5.75 Å². The van der Waals surface area contributed by atoms with Gasteiger partial charge < -0.3 is 24.6 Å². The van der Waals surface area contributed by atoms with Crippen LogP contribution in [0.4, 0.5) is 0 Å².